The number of fused-ring (bicyclic) bond motifs is 1. The molecule has 0 aliphatic carbocycles. The van der Waals surface area contributed by atoms with E-state index in [4.69, 9.17) is 11.5 Å². The van der Waals surface area contributed by atoms with E-state index in [1.165, 1.54) is 31.2 Å². The molecule has 2 amide bonds. The van der Waals surface area contributed by atoms with E-state index in [2.05, 4.69) is 4.98 Å². The molecule has 11 heteroatoms. The quantitative estimate of drug-likeness (QED) is 0.197. The molecular weight excluding hydrogens is 492 g/mol. The number of nitrogens with zero attached hydrogens (tertiary/aromatic N) is 1. The number of phenols is 1. The van der Waals surface area contributed by atoms with Crippen molar-refractivity contribution in [2.45, 2.75) is 56.8 Å². The Balaban J connectivity index is 1.99. The zero-order valence-corrected chi connectivity index (χ0v) is 21.1. The molecule has 0 aliphatic rings. The molecule has 1 heterocycles. The number of imide groups is 1. The summed E-state index contributed by atoms with van der Waals surface area (Å²) >= 11 is 0. The number of aromatic hydroxyl groups is 1. The van der Waals surface area contributed by atoms with E-state index in [1.54, 1.807) is 12.3 Å². The Bertz CT molecular complexity index is 1330. The number of amides is 2. The van der Waals surface area contributed by atoms with Gasteiger partial charge < -0.3 is 31.8 Å². The number of aliphatic hydroxyl groups excluding tert-OH is 1. The van der Waals surface area contributed by atoms with Gasteiger partial charge >= 0.3 is 5.97 Å². The lowest BCUT2D eigenvalue weighted by Gasteiger charge is -2.38. The number of nitrogens with two attached hydrogens (primary N) is 2. The minimum absolute atomic E-state index is 0.00382. The van der Waals surface area contributed by atoms with Crippen LogP contribution in [0.15, 0.2) is 54.7 Å². The van der Waals surface area contributed by atoms with Crippen LogP contribution >= 0.6 is 0 Å². The van der Waals surface area contributed by atoms with Gasteiger partial charge in [-0.15, -0.1) is 0 Å². The smallest absolute Gasteiger partial charge is 0.337 e. The van der Waals surface area contributed by atoms with E-state index in [0.717, 1.165) is 17.8 Å². The van der Waals surface area contributed by atoms with Crippen LogP contribution in [0.4, 0.5) is 0 Å². The maximum absolute atomic E-state index is 13.7. The summed E-state index contributed by atoms with van der Waals surface area (Å²) in [5.74, 6) is -5.03. The van der Waals surface area contributed by atoms with Gasteiger partial charge in [-0.1, -0.05) is 30.3 Å². The van der Waals surface area contributed by atoms with Gasteiger partial charge in [0.2, 0.25) is 17.4 Å². The lowest BCUT2D eigenvalue weighted by atomic mass is 9.88. The maximum Gasteiger partial charge on any atom is 0.337 e. The Morgan fingerprint density at radius 3 is 2.13 bits per heavy atom. The lowest BCUT2D eigenvalue weighted by molar-refractivity contribution is -0.171. The predicted molar refractivity (Wildman–Crippen MR) is 139 cm³/mol. The average molecular weight is 525 g/mol. The molecule has 8 N–H and O–H groups in total. The number of aliphatic carboxylic acids is 1. The molecular formula is C27H32N4O7. The number of carbonyl (C=O) groups excluding carboxylic acids is 3. The van der Waals surface area contributed by atoms with E-state index in [-0.39, 0.29) is 18.6 Å². The highest BCUT2D eigenvalue weighted by molar-refractivity contribution is 6.16. The van der Waals surface area contributed by atoms with Crippen molar-refractivity contribution in [2.24, 2.45) is 11.5 Å². The van der Waals surface area contributed by atoms with Crippen molar-refractivity contribution in [3.05, 3.63) is 65.9 Å². The molecule has 11 nitrogen and oxygen atoms in total. The third-order valence-corrected chi connectivity index (χ3v) is 6.47. The number of benzene rings is 2. The van der Waals surface area contributed by atoms with E-state index in [9.17, 15) is 34.5 Å². The number of aromatic amines is 1. The van der Waals surface area contributed by atoms with Crippen LogP contribution in [0.1, 0.15) is 31.4 Å². The van der Waals surface area contributed by atoms with Gasteiger partial charge in [0.25, 0.3) is 0 Å². The number of nitrogens with one attached hydrogen (secondary N) is 1. The van der Waals surface area contributed by atoms with E-state index < -0.39 is 53.7 Å². The number of carbonyl (C=O) groups is 4. The minimum Gasteiger partial charge on any atom is -0.508 e. The first-order valence-electron chi connectivity index (χ1n) is 12.0. The summed E-state index contributed by atoms with van der Waals surface area (Å²) in [4.78, 5) is 56.3. The number of aliphatic hydroxyl groups is 1. The molecule has 0 fully saturated rings. The maximum atomic E-state index is 13.7. The van der Waals surface area contributed by atoms with Crippen LogP contribution in [0.2, 0.25) is 0 Å². The number of H-pyrrole nitrogens is 1. The SMILES string of the molecule is CC(O)CC(=O)C(C)(C(=O)O)N(C(=O)C(N)Cc1ccc(O)cc1)C(=O)C(N)Cc1c[nH]c2ccccc12. The van der Waals surface area contributed by atoms with Crippen molar-refractivity contribution >= 4 is 34.5 Å². The van der Waals surface area contributed by atoms with Crippen molar-refractivity contribution < 1.29 is 34.5 Å². The Morgan fingerprint density at radius 2 is 1.55 bits per heavy atom. The molecule has 0 saturated carbocycles. The van der Waals surface area contributed by atoms with Gasteiger partial charge in [0.05, 0.1) is 18.2 Å². The second-order valence-corrected chi connectivity index (χ2v) is 9.51. The first kappa shape index (κ1) is 28.5. The molecule has 3 rings (SSSR count). The molecule has 0 radical (unpaired) electrons. The zero-order chi connectivity index (χ0) is 28.2. The van der Waals surface area contributed by atoms with E-state index >= 15 is 0 Å². The second-order valence-electron chi connectivity index (χ2n) is 9.51. The van der Waals surface area contributed by atoms with Crippen LogP contribution in [-0.2, 0) is 32.0 Å². The van der Waals surface area contributed by atoms with Gasteiger partial charge in [-0.3, -0.25) is 19.3 Å². The summed E-state index contributed by atoms with van der Waals surface area (Å²) in [7, 11) is 0. The molecule has 3 aromatic rings. The topological polar surface area (TPSA) is 200 Å². The normalized spacial score (nSPS) is 15.3. The van der Waals surface area contributed by atoms with Crippen LogP contribution in [0.3, 0.4) is 0 Å². The molecule has 38 heavy (non-hydrogen) atoms. The predicted octanol–water partition coefficient (Wildman–Crippen LogP) is 0.852. The van der Waals surface area contributed by atoms with Crippen molar-refractivity contribution in [2.75, 3.05) is 0 Å². The standard InChI is InChI=1S/C27H32N4O7/c1-15(32)11-23(34)27(2,26(37)38)31(24(35)20(28)12-16-7-9-18(33)10-8-16)25(36)21(29)13-17-14-30-22-6-4-3-5-19(17)22/h3-10,14-15,20-21,30,32-33H,11-13,28-29H2,1-2H3,(H,37,38). The minimum atomic E-state index is -2.67. The van der Waals surface area contributed by atoms with Crippen LogP contribution in [-0.4, -0.2) is 72.5 Å². The first-order chi connectivity index (χ1) is 17.9. The summed E-state index contributed by atoms with van der Waals surface area (Å²) in [6, 6.07) is 10.3. The lowest BCUT2D eigenvalue weighted by Crippen LogP contribution is -2.67. The number of hydrogen-bond acceptors (Lipinski definition) is 8. The van der Waals surface area contributed by atoms with Gasteiger partial charge in [0, 0.05) is 23.5 Å². The van der Waals surface area contributed by atoms with Crippen LogP contribution < -0.4 is 11.5 Å². The van der Waals surface area contributed by atoms with Crippen LogP contribution in [0, 0.1) is 0 Å². The molecule has 0 aliphatic heterocycles. The number of carboxylic acids is 1. The fourth-order valence-electron chi connectivity index (χ4n) is 4.29. The molecule has 0 bridgehead atoms. The van der Waals surface area contributed by atoms with Crippen molar-refractivity contribution in [3.8, 4) is 5.75 Å². The van der Waals surface area contributed by atoms with Crippen molar-refractivity contribution in [1.82, 2.24) is 9.88 Å². The van der Waals surface area contributed by atoms with Gasteiger partial charge in [-0.25, -0.2) is 4.79 Å². The Morgan fingerprint density at radius 1 is 0.974 bits per heavy atom. The highest BCUT2D eigenvalue weighted by Gasteiger charge is 2.53. The fourth-order valence-corrected chi connectivity index (χ4v) is 4.29. The largest absolute Gasteiger partial charge is 0.508 e. The number of hydrogen-bond donors (Lipinski definition) is 6. The monoisotopic (exact) mass is 524 g/mol. The Labute approximate surface area is 219 Å². The van der Waals surface area contributed by atoms with Crippen molar-refractivity contribution in [1.29, 1.82) is 0 Å². The summed E-state index contributed by atoms with van der Waals surface area (Å²) in [6.45, 7) is 2.22. The third kappa shape index (κ3) is 5.91. The Hall–Kier alpha value is -4.06. The second kappa shape index (κ2) is 11.5. The summed E-state index contributed by atoms with van der Waals surface area (Å²) in [6.07, 6.45) is -0.347. The summed E-state index contributed by atoms with van der Waals surface area (Å²) in [5.41, 5.74) is 11.7. The molecule has 2 aromatic carbocycles. The molecule has 4 unspecified atom stereocenters. The number of ketones is 1. The van der Waals surface area contributed by atoms with Crippen LogP contribution in [0.25, 0.3) is 10.9 Å². The zero-order valence-electron chi connectivity index (χ0n) is 21.1. The number of aromatic nitrogens is 1. The molecule has 0 spiro atoms. The Kier molecular flexibility index (Phi) is 8.67. The highest BCUT2D eigenvalue weighted by Crippen LogP contribution is 2.25. The first-order valence-corrected chi connectivity index (χ1v) is 12.0. The number of phenolic OH excluding ortho intramolecular Hbond substituents is 1. The number of rotatable bonds is 11. The van der Waals surface area contributed by atoms with Crippen molar-refractivity contribution in [3.63, 3.8) is 0 Å². The highest BCUT2D eigenvalue weighted by atomic mass is 16.4. The molecule has 1 aromatic heterocycles. The average Bonchev–Trinajstić information content (AvgIpc) is 3.27. The van der Waals surface area contributed by atoms with Crippen LogP contribution in [0.5, 0.6) is 5.75 Å². The molecule has 202 valence electrons. The summed E-state index contributed by atoms with van der Waals surface area (Å²) < 4.78 is 0. The molecule has 0 saturated heterocycles. The number of carboxylic acid groups (broad SMARTS) is 1. The van der Waals surface area contributed by atoms with Gasteiger partial charge in [-0.05, 0) is 56.0 Å². The molecule has 4 atom stereocenters. The van der Waals surface area contributed by atoms with E-state index in [1.807, 2.05) is 18.2 Å². The van der Waals surface area contributed by atoms with Gasteiger partial charge in [0.15, 0.2) is 5.78 Å². The van der Waals surface area contributed by atoms with Gasteiger partial charge in [0.1, 0.15) is 5.75 Å². The summed E-state index contributed by atoms with van der Waals surface area (Å²) in [5, 5.41) is 30.2. The number of para-hydroxylation sites is 1. The fraction of sp³-hybridized carbons (Fsp3) is 0.333. The van der Waals surface area contributed by atoms with Gasteiger partial charge in [-0.2, -0.15) is 0 Å². The number of Topliss-reactive ketones (excluding diaryl/α,β-unsaturated/α-hetero) is 1. The van der Waals surface area contributed by atoms with E-state index in [0.29, 0.717) is 16.0 Å². The third-order valence-electron chi connectivity index (χ3n) is 6.47.